The van der Waals surface area contributed by atoms with Crippen LogP contribution < -0.4 is 4.74 Å². The molecule has 3 aromatic rings. The molecule has 0 radical (unpaired) electrons. The van der Waals surface area contributed by atoms with Crippen LogP contribution in [-0.4, -0.2) is 57.5 Å². The lowest BCUT2D eigenvalue weighted by Crippen LogP contribution is -2.46. The van der Waals surface area contributed by atoms with E-state index in [0.29, 0.717) is 5.91 Å². The summed E-state index contributed by atoms with van der Waals surface area (Å²) in [5.41, 5.74) is 3.91. The van der Waals surface area contributed by atoms with E-state index in [0.717, 1.165) is 63.5 Å². The maximum Gasteiger partial charge on any atom is 0.414 e. The number of hydrogen-bond acceptors (Lipinski definition) is 5. The third-order valence-electron chi connectivity index (χ3n) is 6.76. The van der Waals surface area contributed by atoms with Crippen LogP contribution in [0.4, 0.5) is 0 Å². The van der Waals surface area contributed by atoms with Gasteiger partial charge in [-0.1, -0.05) is 54.6 Å². The minimum Gasteiger partial charge on any atom is -0.473 e. The van der Waals surface area contributed by atoms with E-state index in [1.54, 1.807) is 0 Å². The van der Waals surface area contributed by atoms with E-state index in [1.165, 1.54) is 16.7 Å². The highest BCUT2D eigenvalue weighted by Gasteiger charge is 2.31. The van der Waals surface area contributed by atoms with E-state index in [4.69, 9.17) is 24.5 Å². The van der Waals surface area contributed by atoms with E-state index in [9.17, 15) is 4.79 Å². The topological polar surface area (TPSA) is 107 Å². The van der Waals surface area contributed by atoms with E-state index in [-0.39, 0.29) is 5.92 Å². The van der Waals surface area contributed by atoms with Crippen LogP contribution in [0.2, 0.25) is 0 Å². The fourth-order valence-corrected chi connectivity index (χ4v) is 4.93. The fraction of sp³-hybridized carbons (Fsp3) is 0.300. The molecule has 1 unspecified atom stereocenters. The number of carbonyl (C=O) groups excluding carboxylic acids is 1. The monoisotopic (exact) mass is 516 g/mol. The van der Waals surface area contributed by atoms with E-state index < -0.39 is 11.9 Å². The van der Waals surface area contributed by atoms with Crippen molar-refractivity contribution in [3.8, 4) is 11.5 Å². The second-order valence-electron chi connectivity index (χ2n) is 9.53. The molecule has 1 fully saturated rings. The summed E-state index contributed by atoms with van der Waals surface area (Å²) in [6.45, 7) is 4.31. The summed E-state index contributed by atoms with van der Waals surface area (Å²) in [5, 5.41) is 14.8. The molecular weight excluding hydrogens is 484 g/mol. The number of para-hydroxylation sites is 1. The fourth-order valence-electron chi connectivity index (χ4n) is 4.93. The molecule has 0 aliphatic carbocycles. The molecule has 1 atom stereocenters. The Kier molecular flexibility index (Phi) is 9.11. The molecule has 0 saturated carbocycles. The first-order chi connectivity index (χ1) is 18.4. The van der Waals surface area contributed by atoms with Crippen molar-refractivity contribution in [1.29, 1.82) is 0 Å². The van der Waals surface area contributed by atoms with Gasteiger partial charge in [0.05, 0.1) is 5.92 Å². The van der Waals surface area contributed by atoms with Crippen molar-refractivity contribution in [3.05, 3.63) is 95.6 Å². The molecule has 2 heterocycles. The van der Waals surface area contributed by atoms with Gasteiger partial charge in [-0.3, -0.25) is 9.69 Å². The SMILES string of the molecule is O=C(C1CCCN(Cc2cccc(Oc3ccccc3)c2)C1)N1CCc2ccccc2C1.O=C(O)C(=O)O. The van der Waals surface area contributed by atoms with E-state index in [1.807, 2.05) is 42.5 Å². The highest BCUT2D eigenvalue weighted by molar-refractivity contribution is 6.27. The van der Waals surface area contributed by atoms with Crippen molar-refractivity contribution >= 4 is 17.8 Å². The maximum absolute atomic E-state index is 13.3. The van der Waals surface area contributed by atoms with Crippen LogP contribution in [0.5, 0.6) is 11.5 Å². The summed E-state index contributed by atoms with van der Waals surface area (Å²) in [5.74, 6) is -1.53. The van der Waals surface area contributed by atoms with Gasteiger partial charge in [0.1, 0.15) is 11.5 Å². The van der Waals surface area contributed by atoms with Gasteiger partial charge in [-0.15, -0.1) is 0 Å². The van der Waals surface area contributed by atoms with Crippen molar-refractivity contribution in [2.24, 2.45) is 5.92 Å². The number of aliphatic carboxylic acids is 2. The number of carboxylic acid groups (broad SMARTS) is 2. The Balaban J connectivity index is 0.000000505. The smallest absolute Gasteiger partial charge is 0.414 e. The Labute approximate surface area is 222 Å². The number of piperidine rings is 1. The van der Waals surface area contributed by atoms with Crippen molar-refractivity contribution in [3.63, 3.8) is 0 Å². The molecule has 5 rings (SSSR count). The zero-order chi connectivity index (χ0) is 26.9. The number of hydrogen-bond donors (Lipinski definition) is 2. The van der Waals surface area contributed by atoms with Crippen LogP contribution in [0.15, 0.2) is 78.9 Å². The molecule has 2 N–H and O–H groups in total. The number of carboxylic acids is 2. The number of likely N-dealkylation sites (tertiary alicyclic amines) is 1. The van der Waals surface area contributed by atoms with E-state index in [2.05, 4.69) is 46.2 Å². The largest absolute Gasteiger partial charge is 0.473 e. The molecule has 3 aromatic carbocycles. The van der Waals surface area contributed by atoms with Crippen LogP contribution in [0.3, 0.4) is 0 Å². The number of carbonyl (C=O) groups is 3. The Morgan fingerprint density at radius 3 is 2.24 bits per heavy atom. The Hall–Kier alpha value is -4.17. The molecule has 2 aliphatic heterocycles. The predicted octanol–water partition coefficient (Wildman–Crippen LogP) is 4.43. The van der Waals surface area contributed by atoms with Gasteiger partial charge in [0.2, 0.25) is 5.91 Å². The number of nitrogens with zero attached hydrogens (tertiary/aromatic N) is 2. The highest BCUT2D eigenvalue weighted by atomic mass is 16.5. The maximum atomic E-state index is 13.3. The van der Waals surface area contributed by atoms with Gasteiger partial charge in [0, 0.05) is 26.2 Å². The Morgan fingerprint density at radius 2 is 1.50 bits per heavy atom. The lowest BCUT2D eigenvalue weighted by atomic mass is 9.93. The summed E-state index contributed by atoms with van der Waals surface area (Å²) >= 11 is 0. The molecule has 0 bridgehead atoms. The molecule has 38 heavy (non-hydrogen) atoms. The number of rotatable bonds is 5. The average molecular weight is 517 g/mol. The van der Waals surface area contributed by atoms with Crippen molar-refractivity contribution in [1.82, 2.24) is 9.80 Å². The van der Waals surface area contributed by atoms with Crippen molar-refractivity contribution in [2.75, 3.05) is 19.6 Å². The molecule has 1 saturated heterocycles. The van der Waals surface area contributed by atoms with Gasteiger partial charge in [-0.05, 0) is 66.8 Å². The van der Waals surface area contributed by atoms with Gasteiger partial charge in [0.15, 0.2) is 0 Å². The molecule has 0 aromatic heterocycles. The number of benzene rings is 3. The molecule has 1 amide bonds. The molecular formula is C30H32N2O6. The predicted molar refractivity (Wildman–Crippen MR) is 142 cm³/mol. The summed E-state index contributed by atoms with van der Waals surface area (Å²) in [6.07, 6.45) is 3.03. The van der Waals surface area contributed by atoms with Gasteiger partial charge in [-0.25, -0.2) is 9.59 Å². The summed E-state index contributed by atoms with van der Waals surface area (Å²) in [6, 6.07) is 26.7. The van der Waals surface area contributed by atoms with Gasteiger partial charge in [-0.2, -0.15) is 0 Å². The molecule has 198 valence electrons. The minimum absolute atomic E-state index is 0.0952. The third kappa shape index (κ3) is 7.43. The second kappa shape index (κ2) is 12.9. The number of ether oxygens (including phenoxy) is 1. The second-order valence-corrected chi connectivity index (χ2v) is 9.53. The highest BCUT2D eigenvalue weighted by Crippen LogP contribution is 2.26. The van der Waals surface area contributed by atoms with Crippen LogP contribution in [0, 0.1) is 5.92 Å². The number of amides is 1. The van der Waals surface area contributed by atoms with Gasteiger partial charge >= 0.3 is 11.9 Å². The van der Waals surface area contributed by atoms with Crippen LogP contribution in [0.1, 0.15) is 29.5 Å². The molecule has 8 heteroatoms. The Bertz CT molecular complexity index is 1250. The van der Waals surface area contributed by atoms with Crippen molar-refractivity contribution < 1.29 is 29.3 Å². The first-order valence-corrected chi connectivity index (χ1v) is 12.7. The first-order valence-electron chi connectivity index (χ1n) is 12.7. The normalized spacial score (nSPS) is 16.9. The lowest BCUT2D eigenvalue weighted by Gasteiger charge is -2.36. The summed E-state index contributed by atoms with van der Waals surface area (Å²) in [7, 11) is 0. The quantitative estimate of drug-likeness (QED) is 0.483. The lowest BCUT2D eigenvalue weighted by molar-refractivity contribution is -0.159. The third-order valence-corrected chi connectivity index (χ3v) is 6.76. The standard InChI is InChI=1S/C28H30N2O2.C2H2O4/c31-28(30-17-15-23-9-4-5-10-24(23)21-30)25-11-7-16-29(20-25)19-22-8-6-14-27(18-22)32-26-12-2-1-3-13-26;3-1(4)2(5)6/h1-6,8-10,12-14,18,25H,7,11,15-17,19-21H2;(H,3,4)(H,5,6). The van der Waals surface area contributed by atoms with Crippen LogP contribution in [0.25, 0.3) is 0 Å². The Morgan fingerprint density at radius 1 is 0.816 bits per heavy atom. The summed E-state index contributed by atoms with van der Waals surface area (Å²) in [4.78, 5) is 36.0. The average Bonchev–Trinajstić information content (AvgIpc) is 2.93. The van der Waals surface area contributed by atoms with Crippen molar-refractivity contribution in [2.45, 2.75) is 32.4 Å². The molecule has 8 nitrogen and oxygen atoms in total. The van der Waals surface area contributed by atoms with E-state index >= 15 is 0 Å². The zero-order valence-corrected chi connectivity index (χ0v) is 21.2. The number of fused-ring (bicyclic) bond motifs is 1. The first kappa shape index (κ1) is 26.9. The zero-order valence-electron chi connectivity index (χ0n) is 21.2. The molecule has 2 aliphatic rings. The van der Waals surface area contributed by atoms with Crippen LogP contribution >= 0.6 is 0 Å². The summed E-state index contributed by atoms with van der Waals surface area (Å²) < 4.78 is 6.00. The van der Waals surface area contributed by atoms with Gasteiger partial charge < -0.3 is 19.8 Å². The van der Waals surface area contributed by atoms with Crippen LogP contribution in [-0.2, 0) is 33.9 Å². The molecule has 0 spiro atoms. The van der Waals surface area contributed by atoms with Gasteiger partial charge in [0.25, 0.3) is 0 Å². The minimum atomic E-state index is -1.82.